The Morgan fingerprint density at radius 2 is 1.94 bits per heavy atom. The summed E-state index contributed by atoms with van der Waals surface area (Å²) in [6.07, 6.45) is 0. The molecule has 0 bridgehead atoms. The number of primary sulfonamides is 1. The molecule has 0 saturated heterocycles. The Bertz CT molecular complexity index is 587. The van der Waals surface area contributed by atoms with Gasteiger partial charge in [-0.3, -0.25) is 4.79 Å². The van der Waals surface area contributed by atoms with E-state index in [0.717, 1.165) is 4.90 Å². The zero-order valence-electron chi connectivity index (χ0n) is 9.78. The lowest BCUT2D eigenvalue weighted by atomic mass is 10.1. The van der Waals surface area contributed by atoms with Crippen molar-refractivity contribution in [1.29, 1.82) is 0 Å². The summed E-state index contributed by atoms with van der Waals surface area (Å²) in [7, 11) is -3.01. The van der Waals surface area contributed by atoms with E-state index in [0.29, 0.717) is 12.1 Å². The quantitative estimate of drug-likeness (QED) is 0.884. The second-order valence-electron chi connectivity index (χ2n) is 3.60. The first-order valence-corrected chi connectivity index (χ1v) is 6.51. The van der Waals surface area contributed by atoms with Crippen molar-refractivity contribution in [2.24, 2.45) is 5.14 Å². The van der Waals surface area contributed by atoms with Crippen molar-refractivity contribution in [3.63, 3.8) is 0 Å². The molecule has 1 aromatic rings. The molecule has 2 N–H and O–H groups in total. The van der Waals surface area contributed by atoms with Gasteiger partial charge in [-0.1, -0.05) is 0 Å². The van der Waals surface area contributed by atoms with E-state index in [2.05, 4.69) is 0 Å². The van der Waals surface area contributed by atoms with E-state index in [4.69, 9.17) is 5.14 Å². The molecule has 0 unspecified atom stereocenters. The fourth-order valence-electron chi connectivity index (χ4n) is 1.28. The molecule has 100 valence electrons. The van der Waals surface area contributed by atoms with Gasteiger partial charge in [-0.25, -0.2) is 22.3 Å². The Hall–Kier alpha value is -1.54. The summed E-state index contributed by atoms with van der Waals surface area (Å²) in [6, 6.07) is 1.38. The molecule has 5 nitrogen and oxygen atoms in total. The van der Waals surface area contributed by atoms with Crippen LogP contribution >= 0.6 is 0 Å². The molecule has 18 heavy (non-hydrogen) atoms. The van der Waals surface area contributed by atoms with Crippen LogP contribution in [0.2, 0.25) is 0 Å². The maximum absolute atomic E-state index is 13.8. The largest absolute Gasteiger partial charge is 0.342 e. The number of benzene rings is 1. The number of amides is 1. The summed E-state index contributed by atoms with van der Waals surface area (Å²) in [4.78, 5) is 11.9. The first-order chi connectivity index (χ1) is 8.20. The topological polar surface area (TPSA) is 80.5 Å². The van der Waals surface area contributed by atoms with Gasteiger partial charge in [0, 0.05) is 13.6 Å². The fourth-order valence-corrected chi connectivity index (χ4v) is 1.89. The summed E-state index contributed by atoms with van der Waals surface area (Å²) < 4.78 is 49.4. The summed E-state index contributed by atoms with van der Waals surface area (Å²) in [5.74, 6) is -3.55. The molecular weight excluding hydrogens is 266 g/mol. The van der Waals surface area contributed by atoms with E-state index in [1.807, 2.05) is 0 Å². The van der Waals surface area contributed by atoms with Crippen molar-refractivity contribution >= 4 is 15.9 Å². The number of nitrogens with two attached hydrogens (primary N) is 1. The summed E-state index contributed by atoms with van der Waals surface area (Å²) in [5.41, 5.74) is -0.925. The molecule has 0 radical (unpaired) electrons. The molecule has 8 heteroatoms. The Morgan fingerprint density at radius 3 is 2.39 bits per heavy atom. The van der Waals surface area contributed by atoms with E-state index in [9.17, 15) is 22.0 Å². The van der Waals surface area contributed by atoms with Crippen molar-refractivity contribution in [2.45, 2.75) is 11.8 Å². The van der Waals surface area contributed by atoms with Crippen molar-refractivity contribution in [3.05, 3.63) is 29.3 Å². The van der Waals surface area contributed by atoms with E-state index in [1.165, 1.54) is 7.05 Å². The Morgan fingerprint density at radius 1 is 1.39 bits per heavy atom. The zero-order valence-corrected chi connectivity index (χ0v) is 10.6. The Balaban J connectivity index is 3.50. The van der Waals surface area contributed by atoms with Gasteiger partial charge in [0.25, 0.3) is 5.91 Å². The Labute approximate surface area is 103 Å². The van der Waals surface area contributed by atoms with Crippen LogP contribution in [0.15, 0.2) is 17.0 Å². The first-order valence-electron chi connectivity index (χ1n) is 4.96. The molecule has 1 rings (SSSR count). The van der Waals surface area contributed by atoms with Gasteiger partial charge in [0.15, 0.2) is 5.82 Å². The van der Waals surface area contributed by atoms with Gasteiger partial charge in [-0.05, 0) is 19.1 Å². The first kappa shape index (κ1) is 14.5. The summed E-state index contributed by atoms with van der Waals surface area (Å²) in [6.45, 7) is 1.83. The number of nitrogens with zero attached hydrogens (tertiary/aromatic N) is 1. The molecule has 0 spiro atoms. The third kappa shape index (κ3) is 2.65. The van der Waals surface area contributed by atoms with Crippen LogP contribution in [0.25, 0.3) is 0 Å². The predicted molar refractivity (Wildman–Crippen MR) is 60.4 cm³/mol. The normalized spacial score (nSPS) is 11.4. The minimum Gasteiger partial charge on any atom is -0.342 e. The van der Waals surface area contributed by atoms with Crippen LogP contribution in [-0.2, 0) is 10.0 Å². The van der Waals surface area contributed by atoms with E-state index in [1.54, 1.807) is 6.92 Å². The van der Waals surface area contributed by atoms with E-state index >= 15 is 0 Å². The van der Waals surface area contributed by atoms with Crippen LogP contribution in [-0.4, -0.2) is 32.8 Å². The smallest absolute Gasteiger partial charge is 0.259 e. The van der Waals surface area contributed by atoms with E-state index in [-0.39, 0.29) is 6.54 Å². The Kier molecular flexibility index (Phi) is 4.02. The number of carbonyl (C=O) groups is 1. The second-order valence-corrected chi connectivity index (χ2v) is 5.13. The van der Waals surface area contributed by atoms with Gasteiger partial charge in [-0.15, -0.1) is 0 Å². The van der Waals surface area contributed by atoms with E-state index < -0.39 is 38.0 Å². The molecule has 0 atom stereocenters. The highest BCUT2D eigenvalue weighted by Crippen LogP contribution is 2.21. The standard InChI is InChI=1S/C10H12F2N2O3S/c1-3-14(2)10(15)8-6(11)4-5-7(9(8)12)18(13,16)17/h4-5H,3H2,1-2H3,(H2,13,16,17). The molecule has 0 aromatic heterocycles. The van der Waals surface area contributed by atoms with Crippen molar-refractivity contribution < 1.29 is 22.0 Å². The predicted octanol–water partition coefficient (Wildman–Crippen LogP) is 0.704. The third-order valence-electron chi connectivity index (χ3n) is 2.40. The van der Waals surface area contributed by atoms with Crippen molar-refractivity contribution in [1.82, 2.24) is 4.90 Å². The van der Waals surface area contributed by atoms with Gasteiger partial charge in [0.1, 0.15) is 16.3 Å². The molecule has 1 aromatic carbocycles. The molecule has 0 saturated carbocycles. The van der Waals surface area contributed by atoms with Crippen LogP contribution in [0.4, 0.5) is 8.78 Å². The molecule has 0 aliphatic heterocycles. The second kappa shape index (κ2) is 4.99. The lowest BCUT2D eigenvalue weighted by Gasteiger charge is -2.16. The lowest BCUT2D eigenvalue weighted by Crippen LogP contribution is -2.29. The minimum absolute atomic E-state index is 0.220. The highest BCUT2D eigenvalue weighted by atomic mass is 32.2. The molecule has 0 aliphatic rings. The average molecular weight is 278 g/mol. The SMILES string of the molecule is CCN(C)C(=O)c1c(F)ccc(S(N)(=O)=O)c1F. The van der Waals surface area contributed by atoms with Gasteiger partial charge < -0.3 is 4.90 Å². The maximum Gasteiger partial charge on any atom is 0.259 e. The molecule has 1 amide bonds. The van der Waals surface area contributed by atoms with Crippen molar-refractivity contribution in [2.75, 3.05) is 13.6 Å². The molecule has 0 fully saturated rings. The highest BCUT2D eigenvalue weighted by molar-refractivity contribution is 7.89. The lowest BCUT2D eigenvalue weighted by molar-refractivity contribution is 0.0792. The minimum atomic E-state index is -4.35. The monoisotopic (exact) mass is 278 g/mol. The fraction of sp³-hybridized carbons (Fsp3) is 0.300. The van der Waals surface area contributed by atoms with Crippen LogP contribution in [0.3, 0.4) is 0 Å². The van der Waals surface area contributed by atoms with Gasteiger partial charge in [-0.2, -0.15) is 0 Å². The maximum atomic E-state index is 13.8. The number of hydrogen-bond acceptors (Lipinski definition) is 3. The third-order valence-corrected chi connectivity index (χ3v) is 3.33. The zero-order chi connectivity index (χ0) is 14.1. The summed E-state index contributed by atoms with van der Waals surface area (Å²) in [5, 5.41) is 4.77. The number of halogens is 2. The van der Waals surface area contributed by atoms with Crippen LogP contribution in [0.1, 0.15) is 17.3 Å². The molecular formula is C10H12F2N2O3S. The van der Waals surface area contributed by atoms with Crippen LogP contribution in [0, 0.1) is 11.6 Å². The van der Waals surface area contributed by atoms with Gasteiger partial charge in [0.2, 0.25) is 10.0 Å². The number of rotatable bonds is 3. The molecule has 0 heterocycles. The average Bonchev–Trinajstić information content (AvgIpc) is 2.25. The number of carbonyl (C=O) groups excluding carboxylic acids is 1. The van der Waals surface area contributed by atoms with Gasteiger partial charge in [0.05, 0.1) is 0 Å². The number of sulfonamides is 1. The summed E-state index contributed by atoms with van der Waals surface area (Å²) >= 11 is 0. The van der Waals surface area contributed by atoms with Crippen LogP contribution < -0.4 is 5.14 Å². The van der Waals surface area contributed by atoms with Crippen LogP contribution in [0.5, 0.6) is 0 Å². The van der Waals surface area contributed by atoms with Crippen molar-refractivity contribution in [3.8, 4) is 0 Å². The highest BCUT2D eigenvalue weighted by Gasteiger charge is 2.26. The number of hydrogen-bond donors (Lipinski definition) is 1. The molecule has 0 aliphatic carbocycles. The van der Waals surface area contributed by atoms with Gasteiger partial charge >= 0.3 is 0 Å².